The number of likely N-dealkylation sites (tertiary alicyclic amines) is 1. The summed E-state index contributed by atoms with van der Waals surface area (Å²) in [5, 5.41) is 9.66. The Labute approximate surface area is 257 Å². The van der Waals surface area contributed by atoms with Crippen LogP contribution in [0.3, 0.4) is 0 Å². The van der Waals surface area contributed by atoms with Crippen LogP contribution in [0.4, 0.5) is 5.69 Å². The predicted molar refractivity (Wildman–Crippen MR) is 175 cm³/mol. The molecule has 220 valence electrons. The molecular weight excluding hydrogens is 558 g/mol. The van der Waals surface area contributed by atoms with Crippen LogP contribution >= 0.6 is 11.6 Å². The van der Waals surface area contributed by atoms with Gasteiger partial charge < -0.3 is 15.1 Å². The van der Waals surface area contributed by atoms with Gasteiger partial charge in [0, 0.05) is 41.0 Å². The lowest BCUT2D eigenvalue weighted by Gasteiger charge is -2.37. The summed E-state index contributed by atoms with van der Waals surface area (Å²) in [6.07, 6.45) is 3.03. The number of rotatable bonds is 8. The van der Waals surface area contributed by atoms with Crippen LogP contribution in [0.25, 0.3) is 32.9 Å². The standard InChI is InChI=1S/C36H36ClN3O3/c1-3-30(40-17-15-24(16-18-40)26-7-6-8-29(19-26)39-23(2)41)22-38-36(42)34-21-27-20-33(25-11-13-28(37)14-12-25)31-9-4-5-10-32(31)35(27)43-34/h4-14,19-21,24,30H,3,15-18,22H2,1-2H3,(H,38,42)(H,39,41). The smallest absolute Gasteiger partial charge is 0.287 e. The van der Waals surface area contributed by atoms with E-state index in [-0.39, 0.29) is 17.9 Å². The molecule has 1 aliphatic heterocycles. The molecule has 1 aliphatic rings. The lowest BCUT2D eigenvalue weighted by atomic mass is 9.88. The quantitative estimate of drug-likeness (QED) is 0.190. The first-order chi connectivity index (χ1) is 20.9. The second-order valence-corrected chi connectivity index (χ2v) is 11.8. The molecule has 6 rings (SSSR count). The summed E-state index contributed by atoms with van der Waals surface area (Å²) in [6.45, 7) is 6.20. The SMILES string of the molecule is CCC(CNC(=O)c1cc2cc(-c3ccc(Cl)cc3)c3ccccc3c2o1)N1CCC(c2cccc(NC(C)=O)c2)CC1. The zero-order valence-corrected chi connectivity index (χ0v) is 25.3. The molecule has 4 aromatic carbocycles. The summed E-state index contributed by atoms with van der Waals surface area (Å²) >= 11 is 6.14. The second-order valence-electron chi connectivity index (χ2n) is 11.4. The molecule has 1 aromatic heterocycles. The summed E-state index contributed by atoms with van der Waals surface area (Å²) in [4.78, 5) is 27.3. The molecule has 0 radical (unpaired) electrons. The fraction of sp³-hybridized carbons (Fsp3) is 0.278. The predicted octanol–water partition coefficient (Wildman–Crippen LogP) is 8.25. The summed E-state index contributed by atoms with van der Waals surface area (Å²) in [5.74, 6) is 0.524. The summed E-state index contributed by atoms with van der Waals surface area (Å²) in [6, 6.07) is 28.3. The molecule has 2 N–H and O–H groups in total. The van der Waals surface area contributed by atoms with Crippen LogP contribution in [0.5, 0.6) is 0 Å². The van der Waals surface area contributed by atoms with E-state index in [0.29, 0.717) is 23.2 Å². The van der Waals surface area contributed by atoms with Crippen LogP contribution in [-0.2, 0) is 4.79 Å². The third-order valence-electron chi connectivity index (χ3n) is 8.60. The van der Waals surface area contributed by atoms with Crippen LogP contribution in [0, 0.1) is 0 Å². The minimum absolute atomic E-state index is 0.0570. The Kier molecular flexibility index (Phi) is 8.50. The van der Waals surface area contributed by atoms with E-state index in [0.717, 1.165) is 70.9 Å². The Balaban J connectivity index is 1.13. The van der Waals surface area contributed by atoms with Crippen LogP contribution in [0.2, 0.25) is 5.02 Å². The molecule has 1 atom stereocenters. The number of benzene rings is 4. The number of nitrogens with one attached hydrogen (secondary N) is 2. The van der Waals surface area contributed by atoms with E-state index in [1.54, 1.807) is 0 Å². The topological polar surface area (TPSA) is 74.6 Å². The molecule has 7 heteroatoms. The number of hydrogen-bond acceptors (Lipinski definition) is 4. The molecular formula is C36H36ClN3O3. The zero-order chi connectivity index (χ0) is 29.9. The van der Waals surface area contributed by atoms with Crippen molar-refractivity contribution in [1.82, 2.24) is 10.2 Å². The number of nitrogens with zero attached hydrogens (tertiary/aromatic N) is 1. The van der Waals surface area contributed by atoms with Crippen LogP contribution in [0.15, 0.2) is 89.3 Å². The van der Waals surface area contributed by atoms with Gasteiger partial charge in [-0.05, 0) is 96.7 Å². The number of carbonyl (C=O) groups excluding carboxylic acids is 2. The maximum atomic E-state index is 13.3. The van der Waals surface area contributed by atoms with Crippen LogP contribution in [-0.4, -0.2) is 42.4 Å². The second kappa shape index (κ2) is 12.6. The number of halogens is 1. The fourth-order valence-electron chi connectivity index (χ4n) is 6.35. The molecule has 1 fully saturated rings. The number of fused-ring (bicyclic) bond motifs is 3. The normalized spacial score (nSPS) is 15.0. The Bertz CT molecular complexity index is 1770. The molecule has 43 heavy (non-hydrogen) atoms. The molecule has 0 saturated carbocycles. The van der Waals surface area contributed by atoms with Crippen LogP contribution in [0.1, 0.15) is 55.1 Å². The Morgan fingerprint density at radius 2 is 1.70 bits per heavy atom. The van der Waals surface area contributed by atoms with Crippen molar-refractivity contribution in [3.63, 3.8) is 0 Å². The van der Waals surface area contributed by atoms with Crippen molar-refractivity contribution in [3.05, 3.63) is 101 Å². The van der Waals surface area contributed by atoms with Gasteiger partial charge >= 0.3 is 0 Å². The highest BCUT2D eigenvalue weighted by Gasteiger charge is 2.26. The summed E-state index contributed by atoms with van der Waals surface area (Å²) in [7, 11) is 0. The Hall–Kier alpha value is -4.13. The van der Waals surface area contributed by atoms with Gasteiger partial charge in [0.2, 0.25) is 5.91 Å². The van der Waals surface area contributed by atoms with E-state index in [1.807, 2.05) is 60.7 Å². The van der Waals surface area contributed by atoms with E-state index in [4.69, 9.17) is 16.0 Å². The Morgan fingerprint density at radius 3 is 2.42 bits per heavy atom. The first kappa shape index (κ1) is 29.0. The maximum absolute atomic E-state index is 13.3. The van der Waals surface area contributed by atoms with Crippen molar-refractivity contribution in [1.29, 1.82) is 0 Å². The van der Waals surface area contributed by atoms with E-state index < -0.39 is 0 Å². The molecule has 6 nitrogen and oxygen atoms in total. The van der Waals surface area contributed by atoms with Crippen molar-refractivity contribution in [2.75, 3.05) is 25.0 Å². The first-order valence-electron chi connectivity index (χ1n) is 15.0. The van der Waals surface area contributed by atoms with Crippen molar-refractivity contribution in [3.8, 4) is 11.1 Å². The largest absolute Gasteiger partial charge is 0.450 e. The molecule has 0 spiro atoms. The van der Waals surface area contributed by atoms with Gasteiger partial charge in [0.25, 0.3) is 5.91 Å². The minimum atomic E-state index is -0.198. The third kappa shape index (κ3) is 6.31. The van der Waals surface area contributed by atoms with Crippen molar-refractivity contribution in [2.45, 2.75) is 45.1 Å². The van der Waals surface area contributed by atoms with Gasteiger partial charge in [-0.1, -0.05) is 67.1 Å². The monoisotopic (exact) mass is 593 g/mol. The number of furan rings is 1. The minimum Gasteiger partial charge on any atom is -0.450 e. The molecule has 1 unspecified atom stereocenters. The highest BCUT2D eigenvalue weighted by atomic mass is 35.5. The van der Waals surface area contributed by atoms with Gasteiger partial charge in [-0.2, -0.15) is 0 Å². The number of anilines is 1. The fourth-order valence-corrected chi connectivity index (χ4v) is 6.48. The molecule has 5 aromatic rings. The average Bonchev–Trinajstić information content (AvgIpc) is 3.46. The number of hydrogen-bond donors (Lipinski definition) is 2. The van der Waals surface area contributed by atoms with Gasteiger partial charge in [0.15, 0.2) is 5.76 Å². The molecule has 0 aliphatic carbocycles. The highest BCUT2D eigenvalue weighted by Crippen LogP contribution is 2.37. The first-order valence-corrected chi connectivity index (χ1v) is 15.4. The van der Waals surface area contributed by atoms with Gasteiger partial charge in [0.05, 0.1) is 0 Å². The zero-order valence-electron chi connectivity index (χ0n) is 24.5. The lowest BCUT2D eigenvalue weighted by molar-refractivity contribution is -0.114. The van der Waals surface area contributed by atoms with Crippen LogP contribution < -0.4 is 10.6 Å². The molecule has 2 heterocycles. The Morgan fingerprint density at radius 1 is 0.953 bits per heavy atom. The van der Waals surface area contributed by atoms with Crippen molar-refractivity contribution >= 4 is 50.8 Å². The highest BCUT2D eigenvalue weighted by molar-refractivity contribution is 6.30. The average molecular weight is 594 g/mol. The lowest BCUT2D eigenvalue weighted by Crippen LogP contribution is -2.46. The van der Waals surface area contributed by atoms with Crippen molar-refractivity contribution in [2.24, 2.45) is 0 Å². The number of amides is 2. The maximum Gasteiger partial charge on any atom is 0.287 e. The molecule has 0 bridgehead atoms. The third-order valence-corrected chi connectivity index (χ3v) is 8.85. The van der Waals surface area contributed by atoms with Gasteiger partial charge in [0.1, 0.15) is 5.58 Å². The molecule has 1 saturated heterocycles. The van der Waals surface area contributed by atoms with Crippen molar-refractivity contribution < 1.29 is 14.0 Å². The van der Waals surface area contributed by atoms with E-state index in [9.17, 15) is 9.59 Å². The molecule has 2 amide bonds. The van der Waals surface area contributed by atoms with Gasteiger partial charge in [-0.15, -0.1) is 0 Å². The summed E-state index contributed by atoms with van der Waals surface area (Å²) < 4.78 is 6.19. The van der Waals surface area contributed by atoms with Gasteiger partial charge in [-0.25, -0.2) is 0 Å². The van der Waals surface area contributed by atoms with Gasteiger partial charge in [-0.3, -0.25) is 14.5 Å². The van der Waals surface area contributed by atoms with E-state index in [2.05, 4.69) is 46.7 Å². The number of carbonyl (C=O) groups is 2. The van der Waals surface area contributed by atoms with E-state index >= 15 is 0 Å². The van der Waals surface area contributed by atoms with E-state index in [1.165, 1.54) is 12.5 Å². The number of piperidine rings is 1. The summed E-state index contributed by atoms with van der Waals surface area (Å²) in [5.41, 5.74) is 4.97.